The first kappa shape index (κ1) is 8.75. The van der Waals surface area contributed by atoms with Crippen LogP contribution in [0.2, 0.25) is 5.02 Å². The Hall–Kier alpha value is -0.530. The zero-order valence-corrected chi connectivity index (χ0v) is 8.85. The summed E-state index contributed by atoms with van der Waals surface area (Å²) in [7, 11) is 0. The number of benzene rings is 1. The van der Waals surface area contributed by atoms with Crippen molar-refractivity contribution in [1.29, 1.82) is 0 Å². The van der Waals surface area contributed by atoms with Gasteiger partial charge in [0, 0.05) is 10.4 Å². The minimum Gasteiger partial charge on any atom is -0.330 e. The highest BCUT2D eigenvalue weighted by atomic mass is 35.5. The van der Waals surface area contributed by atoms with Crippen molar-refractivity contribution in [2.75, 3.05) is 6.54 Å². The third kappa shape index (κ3) is 0.999. The minimum atomic E-state index is 0.426. The zero-order valence-electron chi connectivity index (χ0n) is 8.09. The maximum Gasteiger partial charge on any atom is 0.0409 e. The van der Waals surface area contributed by atoms with Crippen LogP contribution in [0.1, 0.15) is 24.0 Å². The second kappa shape index (κ2) is 2.74. The monoisotopic (exact) mass is 207 g/mol. The van der Waals surface area contributed by atoms with Gasteiger partial charge in [-0.1, -0.05) is 17.7 Å². The van der Waals surface area contributed by atoms with Gasteiger partial charge in [0.15, 0.2) is 0 Å². The Labute approximate surface area is 89.3 Å². The molecule has 0 radical (unpaired) electrons. The van der Waals surface area contributed by atoms with E-state index in [1.165, 1.54) is 30.4 Å². The van der Waals surface area contributed by atoms with E-state index in [4.69, 9.17) is 17.3 Å². The van der Waals surface area contributed by atoms with Gasteiger partial charge in [-0.05, 0) is 55.0 Å². The molecule has 2 unspecified atom stereocenters. The third-order valence-corrected chi connectivity index (χ3v) is 4.20. The lowest BCUT2D eigenvalue weighted by molar-refractivity contribution is 0.601. The van der Waals surface area contributed by atoms with Gasteiger partial charge in [-0.25, -0.2) is 0 Å². The fourth-order valence-electron chi connectivity index (χ4n) is 3.05. The molecular formula is C12H14ClN. The predicted octanol–water partition coefficient (Wildman–Crippen LogP) is 2.50. The first-order valence-corrected chi connectivity index (χ1v) is 5.63. The molecule has 2 N–H and O–H groups in total. The molecular weight excluding hydrogens is 194 g/mol. The average Bonchev–Trinajstić information content (AvgIpc) is 2.80. The lowest BCUT2D eigenvalue weighted by atomic mass is 9.95. The average molecular weight is 208 g/mol. The highest BCUT2D eigenvalue weighted by molar-refractivity contribution is 6.30. The molecule has 3 rings (SSSR count). The highest BCUT2D eigenvalue weighted by Gasteiger charge is 2.56. The molecule has 0 heterocycles. The molecule has 1 spiro atoms. The maximum atomic E-state index is 6.04. The van der Waals surface area contributed by atoms with E-state index in [1.807, 2.05) is 6.07 Å². The van der Waals surface area contributed by atoms with Crippen LogP contribution < -0.4 is 5.73 Å². The molecule has 2 atom stereocenters. The smallest absolute Gasteiger partial charge is 0.0409 e. The van der Waals surface area contributed by atoms with E-state index in [-0.39, 0.29) is 0 Å². The summed E-state index contributed by atoms with van der Waals surface area (Å²) in [6, 6.07) is 6.33. The molecule has 1 aromatic rings. The Bertz CT molecular complexity index is 388. The number of halogens is 1. The lowest BCUT2D eigenvalue weighted by Crippen LogP contribution is -2.12. The summed E-state index contributed by atoms with van der Waals surface area (Å²) >= 11 is 6.04. The molecule has 0 bridgehead atoms. The number of hydrogen-bond donors (Lipinski definition) is 1. The first-order chi connectivity index (χ1) is 6.76. The van der Waals surface area contributed by atoms with Gasteiger partial charge in [0.2, 0.25) is 0 Å². The van der Waals surface area contributed by atoms with E-state index in [9.17, 15) is 0 Å². The maximum absolute atomic E-state index is 6.04. The van der Waals surface area contributed by atoms with Crippen LogP contribution in [0.3, 0.4) is 0 Å². The number of aryl methyl sites for hydroxylation is 1. The van der Waals surface area contributed by atoms with Crippen LogP contribution in [-0.2, 0) is 11.8 Å². The largest absolute Gasteiger partial charge is 0.330 e. The molecule has 1 nitrogen and oxygen atoms in total. The van der Waals surface area contributed by atoms with E-state index < -0.39 is 0 Å². The van der Waals surface area contributed by atoms with Gasteiger partial charge in [-0.15, -0.1) is 0 Å². The molecule has 0 aliphatic heterocycles. The second-order valence-electron chi connectivity index (χ2n) is 4.59. The topological polar surface area (TPSA) is 26.0 Å². The Kier molecular flexibility index (Phi) is 1.71. The van der Waals surface area contributed by atoms with Gasteiger partial charge < -0.3 is 5.73 Å². The second-order valence-corrected chi connectivity index (χ2v) is 5.03. The van der Waals surface area contributed by atoms with Crippen molar-refractivity contribution in [2.45, 2.75) is 24.7 Å². The van der Waals surface area contributed by atoms with E-state index in [0.29, 0.717) is 11.3 Å². The molecule has 14 heavy (non-hydrogen) atoms. The molecule has 1 saturated carbocycles. The molecule has 2 aliphatic rings. The summed E-state index contributed by atoms with van der Waals surface area (Å²) in [5, 5.41) is 0.868. The van der Waals surface area contributed by atoms with Gasteiger partial charge in [0.1, 0.15) is 0 Å². The Balaban J connectivity index is 2.06. The fourth-order valence-corrected chi connectivity index (χ4v) is 3.22. The van der Waals surface area contributed by atoms with E-state index in [1.54, 1.807) is 0 Å². The van der Waals surface area contributed by atoms with E-state index in [0.717, 1.165) is 11.6 Å². The minimum absolute atomic E-state index is 0.426. The van der Waals surface area contributed by atoms with Crippen molar-refractivity contribution < 1.29 is 0 Å². The summed E-state index contributed by atoms with van der Waals surface area (Å²) < 4.78 is 0. The fraction of sp³-hybridized carbons (Fsp3) is 0.500. The van der Waals surface area contributed by atoms with Crippen LogP contribution in [0.25, 0.3) is 0 Å². The van der Waals surface area contributed by atoms with Gasteiger partial charge in [0.25, 0.3) is 0 Å². The molecule has 0 amide bonds. The highest BCUT2D eigenvalue weighted by Crippen LogP contribution is 2.61. The van der Waals surface area contributed by atoms with Crippen molar-refractivity contribution in [3.63, 3.8) is 0 Å². The van der Waals surface area contributed by atoms with Crippen molar-refractivity contribution in [2.24, 2.45) is 11.7 Å². The molecule has 74 valence electrons. The summed E-state index contributed by atoms with van der Waals surface area (Å²) in [4.78, 5) is 0. The van der Waals surface area contributed by atoms with Gasteiger partial charge in [0.05, 0.1) is 0 Å². The number of nitrogens with two attached hydrogens (primary N) is 1. The first-order valence-electron chi connectivity index (χ1n) is 5.25. The summed E-state index contributed by atoms with van der Waals surface area (Å²) in [5.41, 5.74) is 9.15. The summed E-state index contributed by atoms with van der Waals surface area (Å²) in [5.74, 6) is 0.710. The normalized spacial score (nSPS) is 33.4. The summed E-state index contributed by atoms with van der Waals surface area (Å²) in [6.07, 6.45) is 3.77. The van der Waals surface area contributed by atoms with E-state index in [2.05, 4.69) is 12.1 Å². The van der Waals surface area contributed by atoms with Gasteiger partial charge in [-0.2, -0.15) is 0 Å². The molecule has 1 fully saturated rings. The van der Waals surface area contributed by atoms with Crippen LogP contribution >= 0.6 is 11.6 Å². The zero-order chi connectivity index (χ0) is 9.76. The Morgan fingerprint density at radius 1 is 1.50 bits per heavy atom. The number of fused-ring (bicyclic) bond motifs is 2. The molecule has 0 aromatic heterocycles. The molecule has 2 aliphatic carbocycles. The van der Waals surface area contributed by atoms with Crippen LogP contribution in [0.5, 0.6) is 0 Å². The van der Waals surface area contributed by atoms with Crippen molar-refractivity contribution >= 4 is 11.6 Å². The lowest BCUT2D eigenvalue weighted by Gasteiger charge is -2.10. The van der Waals surface area contributed by atoms with Gasteiger partial charge >= 0.3 is 0 Å². The van der Waals surface area contributed by atoms with Crippen molar-refractivity contribution in [1.82, 2.24) is 0 Å². The van der Waals surface area contributed by atoms with Crippen LogP contribution in [-0.4, -0.2) is 6.54 Å². The standard InChI is InChI=1S/C12H14ClN/c13-10-2-1-8-3-4-12(11(8)5-10)6-9(12)7-14/h1-2,5,9H,3-4,6-7,14H2. The van der Waals surface area contributed by atoms with Crippen LogP contribution in [0.4, 0.5) is 0 Å². The predicted molar refractivity (Wildman–Crippen MR) is 58.6 cm³/mol. The molecule has 0 saturated heterocycles. The molecule has 1 aromatic carbocycles. The Morgan fingerprint density at radius 3 is 3.07 bits per heavy atom. The third-order valence-electron chi connectivity index (χ3n) is 3.97. The van der Waals surface area contributed by atoms with Crippen LogP contribution in [0, 0.1) is 5.92 Å². The number of rotatable bonds is 1. The number of hydrogen-bond acceptors (Lipinski definition) is 1. The molecule has 2 heteroatoms. The summed E-state index contributed by atoms with van der Waals surface area (Å²) in [6.45, 7) is 0.825. The van der Waals surface area contributed by atoms with Crippen molar-refractivity contribution in [3.05, 3.63) is 34.3 Å². The van der Waals surface area contributed by atoms with E-state index >= 15 is 0 Å². The quantitative estimate of drug-likeness (QED) is 0.753. The van der Waals surface area contributed by atoms with Crippen LogP contribution in [0.15, 0.2) is 18.2 Å². The Morgan fingerprint density at radius 2 is 2.36 bits per heavy atom. The van der Waals surface area contributed by atoms with Gasteiger partial charge in [-0.3, -0.25) is 0 Å². The SMILES string of the molecule is NCC1CC12CCc1ccc(Cl)cc12. The van der Waals surface area contributed by atoms with Crippen molar-refractivity contribution in [3.8, 4) is 0 Å².